The Morgan fingerprint density at radius 1 is 1.42 bits per heavy atom. The standard InChI is InChI=1S/C12H10F2N2O2S/c1-6-2-9(13)7(10(14)3-6)4-18-12-8(11(15)17)5-19-16-12/h2-3,5H,4H2,1H3,(H2,15,17). The molecule has 2 rings (SSSR count). The van der Waals surface area contributed by atoms with E-state index in [0.717, 1.165) is 11.5 Å². The molecule has 1 heterocycles. The summed E-state index contributed by atoms with van der Waals surface area (Å²) in [6, 6.07) is 2.41. The highest BCUT2D eigenvalue weighted by atomic mass is 32.1. The summed E-state index contributed by atoms with van der Waals surface area (Å²) in [5.74, 6) is -2.12. The van der Waals surface area contributed by atoms with Gasteiger partial charge in [0.1, 0.15) is 23.8 Å². The van der Waals surface area contributed by atoms with Crippen molar-refractivity contribution in [2.45, 2.75) is 13.5 Å². The fourth-order valence-corrected chi connectivity index (χ4v) is 2.12. The monoisotopic (exact) mass is 284 g/mol. The Morgan fingerprint density at radius 3 is 2.63 bits per heavy atom. The first-order valence-electron chi connectivity index (χ1n) is 5.30. The molecule has 0 saturated heterocycles. The number of nitrogens with zero attached hydrogens (tertiary/aromatic N) is 1. The van der Waals surface area contributed by atoms with Gasteiger partial charge in [-0.15, -0.1) is 0 Å². The minimum atomic E-state index is -0.701. The number of aromatic nitrogens is 1. The lowest BCUT2D eigenvalue weighted by Gasteiger charge is -2.07. The molecule has 1 amide bonds. The van der Waals surface area contributed by atoms with E-state index in [0.29, 0.717) is 5.56 Å². The third-order valence-electron chi connectivity index (χ3n) is 2.44. The summed E-state index contributed by atoms with van der Waals surface area (Å²) in [6.45, 7) is 1.23. The van der Waals surface area contributed by atoms with Crippen LogP contribution in [0.5, 0.6) is 5.88 Å². The predicted molar refractivity (Wildman–Crippen MR) is 66.1 cm³/mol. The van der Waals surface area contributed by atoms with Crippen molar-refractivity contribution < 1.29 is 18.3 Å². The molecular formula is C12H10F2N2O2S. The van der Waals surface area contributed by atoms with E-state index in [2.05, 4.69) is 4.37 Å². The SMILES string of the molecule is Cc1cc(F)c(COc2nscc2C(N)=O)c(F)c1. The summed E-state index contributed by atoms with van der Waals surface area (Å²) in [4.78, 5) is 11.0. The van der Waals surface area contributed by atoms with E-state index in [1.54, 1.807) is 6.92 Å². The van der Waals surface area contributed by atoms with Crippen molar-refractivity contribution in [3.8, 4) is 5.88 Å². The summed E-state index contributed by atoms with van der Waals surface area (Å²) in [5.41, 5.74) is 5.47. The average molecular weight is 284 g/mol. The van der Waals surface area contributed by atoms with Gasteiger partial charge in [-0.25, -0.2) is 8.78 Å². The second kappa shape index (κ2) is 5.31. The molecule has 0 saturated carbocycles. The molecule has 0 atom stereocenters. The lowest BCUT2D eigenvalue weighted by atomic mass is 10.1. The maximum absolute atomic E-state index is 13.6. The van der Waals surface area contributed by atoms with Gasteiger partial charge in [0.05, 0.1) is 5.56 Å². The first-order chi connectivity index (χ1) is 8.99. The molecule has 0 aliphatic rings. The fourth-order valence-electron chi connectivity index (χ4n) is 1.50. The van der Waals surface area contributed by atoms with Crippen molar-refractivity contribution in [1.82, 2.24) is 4.37 Å². The Kier molecular flexibility index (Phi) is 3.75. The first kappa shape index (κ1) is 13.4. The number of halogens is 2. The van der Waals surface area contributed by atoms with Crippen molar-refractivity contribution >= 4 is 17.4 Å². The van der Waals surface area contributed by atoms with E-state index in [4.69, 9.17) is 10.5 Å². The van der Waals surface area contributed by atoms with Crippen LogP contribution in [-0.2, 0) is 6.61 Å². The number of amides is 1. The highest BCUT2D eigenvalue weighted by Gasteiger charge is 2.15. The van der Waals surface area contributed by atoms with E-state index in [1.165, 1.54) is 17.5 Å². The quantitative estimate of drug-likeness (QED) is 0.937. The number of benzene rings is 1. The Morgan fingerprint density at radius 2 is 2.05 bits per heavy atom. The Bertz CT molecular complexity index is 605. The van der Waals surface area contributed by atoms with E-state index in [1.807, 2.05) is 0 Å². The number of hydrogen-bond donors (Lipinski definition) is 1. The molecule has 4 nitrogen and oxygen atoms in total. The topological polar surface area (TPSA) is 65.2 Å². The van der Waals surface area contributed by atoms with Gasteiger partial charge < -0.3 is 10.5 Å². The van der Waals surface area contributed by atoms with Gasteiger partial charge in [-0.1, -0.05) is 0 Å². The number of rotatable bonds is 4. The highest BCUT2D eigenvalue weighted by molar-refractivity contribution is 7.04. The third-order valence-corrected chi connectivity index (χ3v) is 3.05. The van der Waals surface area contributed by atoms with E-state index in [-0.39, 0.29) is 23.6 Å². The van der Waals surface area contributed by atoms with Crippen LogP contribution < -0.4 is 10.5 Å². The molecule has 0 bridgehead atoms. The number of hydrogen-bond acceptors (Lipinski definition) is 4. The molecule has 0 aliphatic carbocycles. The average Bonchev–Trinajstić information content (AvgIpc) is 2.75. The fraction of sp³-hybridized carbons (Fsp3) is 0.167. The summed E-state index contributed by atoms with van der Waals surface area (Å²) in [5, 5.41) is 1.42. The van der Waals surface area contributed by atoms with Gasteiger partial charge in [-0.2, -0.15) is 4.37 Å². The van der Waals surface area contributed by atoms with Gasteiger partial charge in [0, 0.05) is 5.38 Å². The highest BCUT2D eigenvalue weighted by Crippen LogP contribution is 2.21. The van der Waals surface area contributed by atoms with E-state index in [9.17, 15) is 13.6 Å². The number of primary amides is 1. The lowest BCUT2D eigenvalue weighted by Crippen LogP contribution is -2.12. The van der Waals surface area contributed by atoms with Gasteiger partial charge in [-0.05, 0) is 36.2 Å². The molecule has 1 aromatic carbocycles. The molecule has 1 aromatic heterocycles. The zero-order valence-electron chi connectivity index (χ0n) is 9.94. The molecule has 2 N–H and O–H groups in total. The summed E-state index contributed by atoms with van der Waals surface area (Å²) < 4.78 is 36.1. The van der Waals surface area contributed by atoms with Crippen LogP contribution >= 0.6 is 11.5 Å². The summed E-state index contributed by atoms with van der Waals surface area (Å²) in [6.07, 6.45) is 0. The lowest BCUT2D eigenvalue weighted by molar-refractivity contribution is 0.0996. The summed E-state index contributed by atoms with van der Waals surface area (Å²) >= 11 is 0.977. The van der Waals surface area contributed by atoms with Crippen LogP contribution in [0, 0.1) is 18.6 Å². The van der Waals surface area contributed by atoms with Crippen LogP contribution in [0.4, 0.5) is 8.78 Å². The van der Waals surface area contributed by atoms with Crippen molar-refractivity contribution in [2.24, 2.45) is 5.73 Å². The smallest absolute Gasteiger partial charge is 0.255 e. The van der Waals surface area contributed by atoms with Crippen molar-refractivity contribution in [1.29, 1.82) is 0 Å². The molecular weight excluding hydrogens is 274 g/mol. The summed E-state index contributed by atoms with van der Waals surface area (Å²) in [7, 11) is 0. The molecule has 0 aliphatic heterocycles. The molecule has 7 heteroatoms. The van der Waals surface area contributed by atoms with Crippen LogP contribution in [-0.4, -0.2) is 10.3 Å². The Labute approximate surface area is 112 Å². The van der Waals surface area contributed by atoms with Crippen LogP contribution in [0.3, 0.4) is 0 Å². The largest absolute Gasteiger partial charge is 0.471 e. The molecule has 0 radical (unpaired) electrons. The predicted octanol–water partition coefficient (Wildman–Crippen LogP) is 2.41. The first-order valence-corrected chi connectivity index (χ1v) is 6.14. The molecule has 0 unspecified atom stereocenters. The van der Waals surface area contributed by atoms with Gasteiger partial charge in [-0.3, -0.25) is 4.79 Å². The second-order valence-corrected chi connectivity index (χ2v) is 4.52. The zero-order chi connectivity index (χ0) is 14.0. The van der Waals surface area contributed by atoms with Gasteiger partial charge in [0.15, 0.2) is 0 Å². The van der Waals surface area contributed by atoms with Crippen LogP contribution in [0.15, 0.2) is 17.5 Å². The number of carbonyl (C=O) groups excluding carboxylic acids is 1. The zero-order valence-corrected chi connectivity index (χ0v) is 10.8. The van der Waals surface area contributed by atoms with Crippen molar-refractivity contribution in [3.63, 3.8) is 0 Å². The maximum atomic E-state index is 13.6. The minimum absolute atomic E-state index is 0.0168. The molecule has 100 valence electrons. The van der Waals surface area contributed by atoms with Crippen LogP contribution in [0.25, 0.3) is 0 Å². The molecule has 19 heavy (non-hydrogen) atoms. The van der Waals surface area contributed by atoms with Crippen molar-refractivity contribution in [3.05, 3.63) is 45.8 Å². The van der Waals surface area contributed by atoms with Crippen LogP contribution in [0.1, 0.15) is 21.5 Å². The number of ether oxygens (including phenoxy) is 1. The molecule has 2 aromatic rings. The minimum Gasteiger partial charge on any atom is -0.471 e. The van der Waals surface area contributed by atoms with E-state index < -0.39 is 17.5 Å². The number of nitrogens with two attached hydrogens (primary N) is 1. The Balaban J connectivity index is 2.19. The Hall–Kier alpha value is -2.02. The molecule has 0 spiro atoms. The normalized spacial score (nSPS) is 10.5. The van der Waals surface area contributed by atoms with Gasteiger partial charge in [0.2, 0.25) is 5.88 Å². The number of aryl methyl sites for hydroxylation is 1. The van der Waals surface area contributed by atoms with Gasteiger partial charge >= 0.3 is 0 Å². The van der Waals surface area contributed by atoms with Crippen molar-refractivity contribution in [2.75, 3.05) is 0 Å². The van der Waals surface area contributed by atoms with Gasteiger partial charge in [0.25, 0.3) is 5.91 Å². The van der Waals surface area contributed by atoms with E-state index >= 15 is 0 Å². The third kappa shape index (κ3) is 2.87. The maximum Gasteiger partial charge on any atom is 0.255 e. The second-order valence-electron chi connectivity index (χ2n) is 3.89. The number of carbonyl (C=O) groups is 1. The molecule has 0 fully saturated rings. The van der Waals surface area contributed by atoms with Crippen LogP contribution in [0.2, 0.25) is 0 Å².